The van der Waals surface area contributed by atoms with E-state index in [4.69, 9.17) is 10.2 Å². The molecule has 60 valence electrons. The van der Waals surface area contributed by atoms with Crippen LogP contribution in [0.15, 0.2) is 6.20 Å². The van der Waals surface area contributed by atoms with Gasteiger partial charge in [-0.05, 0) is 0 Å². The number of aromatic carboxylic acids is 1. The van der Waals surface area contributed by atoms with Crippen LogP contribution in [0.2, 0.25) is 0 Å². The summed E-state index contributed by atoms with van der Waals surface area (Å²) in [6, 6.07) is 0. The summed E-state index contributed by atoms with van der Waals surface area (Å²) in [6.07, 6.45) is 1.22. The molecule has 0 radical (unpaired) electrons. The lowest BCUT2D eigenvalue weighted by Gasteiger charge is -1.96. The Balaban J connectivity index is 3.15. The Morgan fingerprint density at radius 3 is 2.82 bits per heavy atom. The lowest BCUT2D eigenvalue weighted by Crippen LogP contribution is -2.04. The minimum Gasteiger partial charge on any atom is -0.478 e. The number of hydrogen-bond donors (Lipinski definition) is 2. The lowest BCUT2D eigenvalue weighted by atomic mass is 10.2. The Morgan fingerprint density at radius 2 is 2.45 bits per heavy atom. The fourth-order valence-electron chi connectivity index (χ4n) is 0.829. The molecule has 0 fully saturated rings. The number of carboxylic acids is 1. The van der Waals surface area contributed by atoms with Crippen molar-refractivity contribution in [1.82, 2.24) is 9.78 Å². The standard InChI is InChI=1S/C6H8N2O3/c1-8-5(3-9)4(2-7-8)6(10)11/h2,9H,3H2,1H3,(H,10,11). The number of carboxylic acid groups (broad SMARTS) is 1. The smallest absolute Gasteiger partial charge is 0.339 e. The van der Waals surface area contributed by atoms with Crippen LogP contribution >= 0.6 is 0 Å². The number of nitrogens with zero attached hydrogens (tertiary/aromatic N) is 2. The molecule has 1 aromatic heterocycles. The molecule has 0 spiro atoms. The highest BCUT2D eigenvalue weighted by atomic mass is 16.4. The molecule has 1 rings (SSSR count). The van der Waals surface area contributed by atoms with Crippen molar-refractivity contribution in [2.24, 2.45) is 7.05 Å². The van der Waals surface area contributed by atoms with Gasteiger partial charge >= 0.3 is 5.97 Å². The minimum atomic E-state index is -1.07. The molecule has 0 aliphatic carbocycles. The van der Waals surface area contributed by atoms with Crippen LogP contribution in [0, 0.1) is 0 Å². The highest BCUT2D eigenvalue weighted by Crippen LogP contribution is 2.06. The van der Waals surface area contributed by atoms with Crippen molar-refractivity contribution < 1.29 is 15.0 Å². The van der Waals surface area contributed by atoms with Gasteiger partial charge in [-0.15, -0.1) is 0 Å². The largest absolute Gasteiger partial charge is 0.478 e. The number of aliphatic hydroxyl groups excluding tert-OH is 1. The van der Waals surface area contributed by atoms with E-state index in [0.29, 0.717) is 5.69 Å². The second-order valence-corrected chi connectivity index (χ2v) is 2.09. The van der Waals surface area contributed by atoms with Crippen molar-refractivity contribution in [2.45, 2.75) is 6.61 Å². The van der Waals surface area contributed by atoms with Crippen LogP contribution in [0.1, 0.15) is 16.1 Å². The number of rotatable bonds is 2. The van der Waals surface area contributed by atoms with Crippen molar-refractivity contribution in [3.05, 3.63) is 17.5 Å². The van der Waals surface area contributed by atoms with Gasteiger partial charge in [0.1, 0.15) is 5.56 Å². The van der Waals surface area contributed by atoms with Crippen molar-refractivity contribution >= 4 is 5.97 Å². The second kappa shape index (κ2) is 2.71. The molecule has 0 unspecified atom stereocenters. The summed E-state index contributed by atoms with van der Waals surface area (Å²) >= 11 is 0. The van der Waals surface area contributed by atoms with Gasteiger partial charge in [0, 0.05) is 7.05 Å². The fraction of sp³-hybridized carbons (Fsp3) is 0.333. The fourth-order valence-corrected chi connectivity index (χ4v) is 0.829. The number of aliphatic hydroxyl groups is 1. The maximum absolute atomic E-state index is 10.4. The monoisotopic (exact) mass is 156 g/mol. The molecule has 0 aromatic carbocycles. The van der Waals surface area contributed by atoms with Gasteiger partial charge in [-0.3, -0.25) is 4.68 Å². The Morgan fingerprint density at radius 1 is 1.82 bits per heavy atom. The second-order valence-electron chi connectivity index (χ2n) is 2.09. The summed E-state index contributed by atoms with van der Waals surface area (Å²) in [5, 5.41) is 20.9. The molecule has 0 saturated heterocycles. The maximum atomic E-state index is 10.4. The van der Waals surface area contributed by atoms with E-state index < -0.39 is 5.97 Å². The number of aromatic nitrogens is 2. The van der Waals surface area contributed by atoms with E-state index in [9.17, 15) is 4.79 Å². The third-order valence-electron chi connectivity index (χ3n) is 1.44. The van der Waals surface area contributed by atoms with Crippen molar-refractivity contribution in [1.29, 1.82) is 0 Å². The van der Waals surface area contributed by atoms with E-state index in [-0.39, 0.29) is 12.2 Å². The van der Waals surface area contributed by atoms with E-state index in [2.05, 4.69) is 5.10 Å². The molecule has 5 nitrogen and oxygen atoms in total. The molecular formula is C6H8N2O3. The van der Waals surface area contributed by atoms with Crippen LogP contribution in [0.5, 0.6) is 0 Å². The molecule has 2 N–H and O–H groups in total. The number of hydrogen-bond acceptors (Lipinski definition) is 3. The first-order valence-corrected chi connectivity index (χ1v) is 3.02. The molecule has 1 aromatic rings. The molecule has 0 aliphatic rings. The van der Waals surface area contributed by atoms with Gasteiger partial charge in [0.2, 0.25) is 0 Å². The van der Waals surface area contributed by atoms with Crippen molar-refractivity contribution in [3.63, 3.8) is 0 Å². The average Bonchev–Trinajstić information content (AvgIpc) is 2.30. The molecule has 0 atom stereocenters. The first-order valence-electron chi connectivity index (χ1n) is 3.02. The number of carbonyl (C=O) groups is 1. The quantitative estimate of drug-likeness (QED) is 0.611. The summed E-state index contributed by atoms with van der Waals surface area (Å²) in [7, 11) is 1.58. The zero-order chi connectivity index (χ0) is 8.43. The predicted molar refractivity (Wildman–Crippen MR) is 36.1 cm³/mol. The van der Waals surface area contributed by atoms with Gasteiger partial charge in [-0.25, -0.2) is 4.79 Å². The van der Waals surface area contributed by atoms with E-state index in [0.717, 1.165) is 0 Å². The van der Waals surface area contributed by atoms with Crippen LogP contribution in [0.4, 0.5) is 0 Å². The normalized spacial score (nSPS) is 10.0. The Bertz CT molecular complexity index is 279. The molecule has 0 amide bonds. The van der Waals surface area contributed by atoms with Gasteiger partial charge in [-0.1, -0.05) is 0 Å². The lowest BCUT2D eigenvalue weighted by molar-refractivity contribution is 0.0693. The van der Waals surface area contributed by atoms with Gasteiger partial charge in [-0.2, -0.15) is 5.10 Å². The van der Waals surface area contributed by atoms with Gasteiger partial charge in [0.05, 0.1) is 18.5 Å². The zero-order valence-corrected chi connectivity index (χ0v) is 5.98. The summed E-state index contributed by atoms with van der Waals surface area (Å²) in [5.41, 5.74) is 0.368. The third kappa shape index (κ3) is 1.22. The first-order chi connectivity index (χ1) is 5.16. The Labute approximate surface area is 62.9 Å². The summed E-state index contributed by atoms with van der Waals surface area (Å²) in [5.74, 6) is -1.07. The molecule has 1 heterocycles. The van der Waals surface area contributed by atoms with E-state index in [1.807, 2.05) is 0 Å². The van der Waals surface area contributed by atoms with Crippen LogP contribution < -0.4 is 0 Å². The van der Waals surface area contributed by atoms with E-state index in [1.54, 1.807) is 7.05 Å². The third-order valence-corrected chi connectivity index (χ3v) is 1.44. The molecule has 5 heteroatoms. The van der Waals surface area contributed by atoms with Gasteiger partial charge < -0.3 is 10.2 Å². The molecule has 0 saturated carbocycles. The Kier molecular flexibility index (Phi) is 1.91. The topological polar surface area (TPSA) is 75.4 Å². The number of aryl methyl sites for hydroxylation is 1. The van der Waals surface area contributed by atoms with E-state index in [1.165, 1.54) is 10.9 Å². The molecular weight excluding hydrogens is 148 g/mol. The van der Waals surface area contributed by atoms with Gasteiger partial charge in [0.15, 0.2) is 0 Å². The predicted octanol–water partition coefficient (Wildman–Crippen LogP) is -0.389. The Hall–Kier alpha value is -1.36. The molecule has 0 aliphatic heterocycles. The maximum Gasteiger partial charge on any atom is 0.339 e. The van der Waals surface area contributed by atoms with E-state index >= 15 is 0 Å². The van der Waals surface area contributed by atoms with Crippen LogP contribution in [-0.4, -0.2) is 26.0 Å². The van der Waals surface area contributed by atoms with Crippen molar-refractivity contribution in [3.8, 4) is 0 Å². The minimum absolute atomic E-state index is 0.0509. The SMILES string of the molecule is Cn1ncc(C(=O)O)c1CO. The average molecular weight is 156 g/mol. The first kappa shape index (κ1) is 7.74. The highest BCUT2D eigenvalue weighted by Gasteiger charge is 2.12. The van der Waals surface area contributed by atoms with Gasteiger partial charge in [0.25, 0.3) is 0 Å². The summed E-state index contributed by atoms with van der Waals surface area (Å²) in [6.45, 7) is -0.307. The summed E-state index contributed by atoms with van der Waals surface area (Å²) in [4.78, 5) is 10.4. The highest BCUT2D eigenvalue weighted by molar-refractivity contribution is 5.88. The van der Waals surface area contributed by atoms with Crippen LogP contribution in [0.25, 0.3) is 0 Å². The zero-order valence-electron chi connectivity index (χ0n) is 5.98. The molecule has 11 heavy (non-hydrogen) atoms. The van der Waals surface area contributed by atoms with Crippen LogP contribution in [0.3, 0.4) is 0 Å². The summed E-state index contributed by atoms with van der Waals surface area (Å²) < 4.78 is 1.34. The van der Waals surface area contributed by atoms with Crippen LogP contribution in [-0.2, 0) is 13.7 Å². The molecule has 0 bridgehead atoms. The van der Waals surface area contributed by atoms with Crippen molar-refractivity contribution in [2.75, 3.05) is 0 Å².